The van der Waals surface area contributed by atoms with Crippen molar-refractivity contribution in [1.29, 1.82) is 0 Å². The number of benzene rings is 1. The highest BCUT2D eigenvalue weighted by atomic mass is 127. The number of anilines is 1. The maximum absolute atomic E-state index is 14.8. The summed E-state index contributed by atoms with van der Waals surface area (Å²) in [6, 6.07) is 4.18. The molecule has 0 aromatic heterocycles. The van der Waals surface area contributed by atoms with E-state index in [1.54, 1.807) is 6.07 Å². The van der Waals surface area contributed by atoms with Crippen LogP contribution in [0.5, 0.6) is 0 Å². The Morgan fingerprint density at radius 3 is 2.71 bits per heavy atom. The quantitative estimate of drug-likeness (QED) is 0.510. The minimum absolute atomic E-state index is 0.0917. The van der Waals surface area contributed by atoms with Gasteiger partial charge in [0, 0.05) is 10.6 Å². The maximum Gasteiger partial charge on any atom is 0.285 e. The molecule has 2 aliphatic rings. The van der Waals surface area contributed by atoms with Crippen molar-refractivity contribution in [1.82, 2.24) is 9.80 Å². The van der Waals surface area contributed by atoms with Crippen LogP contribution in [-0.4, -0.2) is 70.6 Å². The van der Waals surface area contributed by atoms with Gasteiger partial charge in [-0.15, -0.1) is 0 Å². The van der Waals surface area contributed by atoms with Crippen LogP contribution in [0.4, 0.5) is 14.5 Å². The van der Waals surface area contributed by atoms with Gasteiger partial charge in [0.05, 0.1) is 37.0 Å². The highest BCUT2D eigenvalue weighted by Crippen LogP contribution is 2.35. The summed E-state index contributed by atoms with van der Waals surface area (Å²) < 4.78 is 29.6. The summed E-state index contributed by atoms with van der Waals surface area (Å²) in [5.41, 5.74) is -0.482. The number of likely N-dealkylation sites (N-methyl/N-ethyl adjacent to an activating group) is 1. The van der Waals surface area contributed by atoms with E-state index in [0.29, 0.717) is 3.57 Å². The Balaban J connectivity index is 2.00. The first-order valence-electron chi connectivity index (χ1n) is 8.26. The van der Waals surface area contributed by atoms with Gasteiger partial charge in [0.2, 0.25) is 11.7 Å². The van der Waals surface area contributed by atoms with Crippen LogP contribution < -0.4 is 5.32 Å². The molecule has 0 saturated carbocycles. The normalized spacial score (nSPS) is 23.2. The first-order valence-corrected chi connectivity index (χ1v) is 9.34. The zero-order valence-electron chi connectivity index (χ0n) is 14.6. The van der Waals surface area contributed by atoms with Crippen molar-refractivity contribution in [2.75, 3.05) is 25.5 Å². The predicted octanol–water partition coefficient (Wildman–Crippen LogP) is 0.661. The average Bonchev–Trinajstić information content (AvgIpc) is 2.66. The lowest BCUT2D eigenvalue weighted by Crippen LogP contribution is -2.57. The summed E-state index contributed by atoms with van der Waals surface area (Å²) >= 11 is 1.91. The van der Waals surface area contributed by atoms with Crippen molar-refractivity contribution in [2.24, 2.45) is 10.9 Å². The van der Waals surface area contributed by atoms with Gasteiger partial charge in [-0.2, -0.15) is 4.39 Å². The summed E-state index contributed by atoms with van der Waals surface area (Å²) in [5, 5.41) is 21.1. The monoisotopic (exact) mass is 506 g/mol. The minimum Gasteiger partial charge on any atom is -0.394 e. The van der Waals surface area contributed by atoms with E-state index in [-0.39, 0.29) is 12.2 Å². The number of aliphatic imine (C=N–C) groups is 1. The second kappa shape index (κ2) is 8.09. The summed E-state index contributed by atoms with van der Waals surface area (Å²) in [5.74, 6) is -4.76. The fourth-order valence-electron chi connectivity index (χ4n) is 3.01. The molecule has 0 fully saturated rings. The fraction of sp³-hybridized carbons (Fsp3) is 0.353. The molecule has 11 heteroatoms. The fourth-order valence-corrected chi connectivity index (χ4v) is 3.46. The van der Waals surface area contributed by atoms with Crippen molar-refractivity contribution in [2.45, 2.75) is 12.3 Å². The van der Waals surface area contributed by atoms with Crippen LogP contribution in [0.25, 0.3) is 0 Å². The summed E-state index contributed by atoms with van der Waals surface area (Å²) in [7, 11) is 1.31. The lowest BCUT2D eigenvalue weighted by molar-refractivity contribution is -0.140. The third-order valence-corrected chi connectivity index (χ3v) is 5.15. The van der Waals surface area contributed by atoms with Crippen molar-refractivity contribution in [3.8, 4) is 0 Å². The molecule has 2 aliphatic heterocycles. The molecule has 0 saturated heterocycles. The third-order valence-electron chi connectivity index (χ3n) is 4.48. The molecule has 0 spiro atoms. The zero-order chi connectivity index (χ0) is 20.6. The van der Waals surface area contributed by atoms with Crippen molar-refractivity contribution >= 4 is 46.4 Å². The number of hydrogen-bond acceptors (Lipinski definition) is 6. The van der Waals surface area contributed by atoms with E-state index in [9.17, 15) is 23.5 Å². The highest BCUT2D eigenvalue weighted by Gasteiger charge is 2.48. The molecule has 28 heavy (non-hydrogen) atoms. The van der Waals surface area contributed by atoms with Gasteiger partial charge in [-0.05, 0) is 40.8 Å². The number of halogens is 3. The first kappa shape index (κ1) is 20.6. The number of aliphatic hydroxyl groups excluding tert-OH is 2. The van der Waals surface area contributed by atoms with Crippen molar-refractivity contribution < 1.29 is 28.6 Å². The van der Waals surface area contributed by atoms with Crippen LogP contribution in [0, 0.1) is 15.3 Å². The number of fused-ring (bicyclic) bond motifs is 1. The van der Waals surface area contributed by atoms with Crippen molar-refractivity contribution in [3.63, 3.8) is 0 Å². The predicted molar refractivity (Wildman–Crippen MR) is 104 cm³/mol. The van der Waals surface area contributed by atoms with E-state index in [0.717, 1.165) is 16.1 Å². The number of aliphatic hydroxyl groups is 2. The number of carbonyl (C=O) groups is 2. The van der Waals surface area contributed by atoms with Crippen LogP contribution >= 0.6 is 22.6 Å². The number of β-amino-alcohol motifs (C(OH)–C–C–N with tert-alkyl or cyclic N) is 1. The lowest BCUT2D eigenvalue weighted by Gasteiger charge is -2.41. The van der Waals surface area contributed by atoms with Gasteiger partial charge in [0.15, 0.2) is 0 Å². The van der Waals surface area contributed by atoms with Crippen LogP contribution in [0.3, 0.4) is 0 Å². The highest BCUT2D eigenvalue weighted by molar-refractivity contribution is 14.1. The zero-order valence-corrected chi connectivity index (χ0v) is 16.8. The second-order valence-electron chi connectivity index (χ2n) is 6.38. The molecule has 0 bridgehead atoms. The molecular formula is C17H17F2IN4O4. The molecule has 3 atom stereocenters. The molecule has 0 radical (unpaired) electrons. The minimum atomic E-state index is -1.25. The molecule has 3 rings (SSSR count). The van der Waals surface area contributed by atoms with Gasteiger partial charge in [-0.25, -0.2) is 9.38 Å². The molecule has 1 aromatic rings. The van der Waals surface area contributed by atoms with Gasteiger partial charge in [0.25, 0.3) is 5.91 Å². The van der Waals surface area contributed by atoms with Gasteiger partial charge < -0.3 is 20.4 Å². The van der Waals surface area contributed by atoms with Crippen LogP contribution in [0.15, 0.2) is 34.7 Å². The summed E-state index contributed by atoms with van der Waals surface area (Å²) in [4.78, 5) is 31.3. The van der Waals surface area contributed by atoms with E-state index in [1.165, 1.54) is 19.2 Å². The standard InChI is InChI=1S/C17H17F2IN4O4/c1-23-15-12(16(27)24(7-21-15)5-9(26)6-25)14(13(19)17(23)28)22-11-3-2-8(20)4-10(11)18/h2-4,7,9,12,15,22,25-26H,5-6H2,1H3/t9-,12?,15?/m1/s1. The number of nitrogens with zero attached hydrogens (tertiary/aromatic N) is 3. The number of hydrogen-bond donors (Lipinski definition) is 3. The molecular weight excluding hydrogens is 489 g/mol. The Morgan fingerprint density at radius 2 is 2.07 bits per heavy atom. The summed E-state index contributed by atoms with van der Waals surface area (Å²) in [6.45, 7) is -0.834. The Labute approximate surface area is 172 Å². The molecule has 0 aliphatic carbocycles. The van der Waals surface area contributed by atoms with Crippen LogP contribution in [0.2, 0.25) is 0 Å². The Kier molecular flexibility index (Phi) is 5.95. The van der Waals surface area contributed by atoms with Gasteiger partial charge >= 0.3 is 0 Å². The van der Waals surface area contributed by atoms with Crippen LogP contribution in [0.1, 0.15) is 0 Å². The second-order valence-corrected chi connectivity index (χ2v) is 7.62. The summed E-state index contributed by atoms with van der Waals surface area (Å²) in [6.07, 6.45) is -1.09. The third kappa shape index (κ3) is 3.73. The van der Waals surface area contributed by atoms with E-state index in [2.05, 4.69) is 10.3 Å². The van der Waals surface area contributed by atoms with E-state index in [4.69, 9.17) is 5.11 Å². The number of rotatable bonds is 5. The molecule has 1 aromatic carbocycles. The van der Waals surface area contributed by atoms with Crippen LogP contribution in [-0.2, 0) is 9.59 Å². The molecule has 2 amide bonds. The smallest absolute Gasteiger partial charge is 0.285 e. The van der Waals surface area contributed by atoms with Crippen molar-refractivity contribution in [3.05, 3.63) is 39.1 Å². The largest absolute Gasteiger partial charge is 0.394 e. The molecule has 8 nitrogen and oxygen atoms in total. The van der Waals surface area contributed by atoms with Gasteiger partial charge in [-0.3, -0.25) is 14.5 Å². The lowest BCUT2D eigenvalue weighted by atomic mass is 9.92. The molecule has 2 unspecified atom stereocenters. The van der Waals surface area contributed by atoms with Gasteiger partial charge in [-0.1, -0.05) is 0 Å². The van der Waals surface area contributed by atoms with E-state index < -0.39 is 54.0 Å². The Bertz CT molecular complexity index is 879. The topological polar surface area (TPSA) is 105 Å². The molecule has 150 valence electrons. The maximum atomic E-state index is 14.8. The SMILES string of the molecule is CN1C(=O)C(F)=C(Nc2ccc(I)cc2F)C2C(=O)N(C[C@@H](O)CO)C=NC21. The first-order chi connectivity index (χ1) is 13.2. The average molecular weight is 506 g/mol. The van der Waals surface area contributed by atoms with E-state index in [1.807, 2.05) is 22.6 Å². The van der Waals surface area contributed by atoms with E-state index >= 15 is 0 Å². The Morgan fingerprint density at radius 1 is 1.36 bits per heavy atom. The number of nitrogens with one attached hydrogen (secondary N) is 1. The van der Waals surface area contributed by atoms with Gasteiger partial charge in [0.1, 0.15) is 17.9 Å². The molecule has 3 N–H and O–H groups in total. The number of carbonyl (C=O) groups excluding carboxylic acids is 2. The number of amides is 2. The molecule has 2 heterocycles. The Hall–Kier alpha value is -2.12.